The lowest BCUT2D eigenvalue weighted by Crippen LogP contribution is -2.34. The summed E-state index contributed by atoms with van der Waals surface area (Å²) in [7, 11) is 0. The Labute approximate surface area is 81.5 Å². The molecular weight excluding hydrogens is 158 g/mol. The van der Waals surface area contributed by atoms with E-state index in [1.165, 1.54) is 12.0 Å². The first kappa shape index (κ1) is 10.3. The summed E-state index contributed by atoms with van der Waals surface area (Å²) in [5.41, 5.74) is 1.69. The monoisotopic (exact) mass is 177 g/mol. The van der Waals surface area contributed by atoms with Crippen LogP contribution in [0.15, 0.2) is 11.6 Å². The Bertz CT molecular complexity index is 255. The molecule has 1 heteroatoms. The van der Waals surface area contributed by atoms with E-state index in [0.29, 0.717) is 18.3 Å². The standard InChI is InChI=1S/C12H19N/c1-9-5-6-10(2)12(3,4)11(9)7-8-13/h5,10-11H,6-7H2,1-4H3/t10-,11-/m1/s1. The zero-order valence-electron chi connectivity index (χ0n) is 9.09. The molecule has 1 nitrogen and oxygen atoms in total. The molecule has 0 fully saturated rings. The first-order valence-corrected chi connectivity index (χ1v) is 5.03. The van der Waals surface area contributed by atoms with Crippen molar-refractivity contribution >= 4 is 0 Å². The molecule has 1 rings (SSSR count). The van der Waals surface area contributed by atoms with Crippen molar-refractivity contribution in [2.24, 2.45) is 17.3 Å². The Balaban J connectivity index is 2.93. The third-order valence-electron chi connectivity index (χ3n) is 3.81. The first-order chi connectivity index (χ1) is 6.00. The van der Waals surface area contributed by atoms with Crippen LogP contribution >= 0.6 is 0 Å². The SMILES string of the molecule is CC1=CC[C@@H](C)C(C)(C)[C@@H]1CC#N. The molecule has 0 aromatic heterocycles. The lowest BCUT2D eigenvalue weighted by molar-refractivity contribution is 0.141. The normalized spacial score (nSPS) is 32.1. The zero-order chi connectivity index (χ0) is 10.1. The topological polar surface area (TPSA) is 23.8 Å². The summed E-state index contributed by atoms with van der Waals surface area (Å²) in [6.07, 6.45) is 4.14. The summed E-state index contributed by atoms with van der Waals surface area (Å²) in [5, 5.41) is 8.78. The fourth-order valence-corrected chi connectivity index (χ4v) is 2.25. The number of nitriles is 1. The molecule has 0 saturated carbocycles. The second-order valence-corrected chi connectivity index (χ2v) is 4.82. The van der Waals surface area contributed by atoms with Gasteiger partial charge in [-0.05, 0) is 30.6 Å². The van der Waals surface area contributed by atoms with Gasteiger partial charge in [0.05, 0.1) is 6.07 Å². The van der Waals surface area contributed by atoms with Gasteiger partial charge in [-0.3, -0.25) is 0 Å². The van der Waals surface area contributed by atoms with Gasteiger partial charge in [0.15, 0.2) is 0 Å². The number of hydrogen-bond acceptors (Lipinski definition) is 1. The Kier molecular flexibility index (Phi) is 2.81. The van der Waals surface area contributed by atoms with Gasteiger partial charge in [0.2, 0.25) is 0 Å². The Morgan fingerprint density at radius 1 is 1.62 bits per heavy atom. The van der Waals surface area contributed by atoms with Gasteiger partial charge in [0.25, 0.3) is 0 Å². The van der Waals surface area contributed by atoms with Gasteiger partial charge in [0, 0.05) is 6.42 Å². The number of allylic oxidation sites excluding steroid dienone is 2. The second-order valence-electron chi connectivity index (χ2n) is 4.82. The van der Waals surface area contributed by atoms with Crippen LogP contribution in [0.2, 0.25) is 0 Å². The van der Waals surface area contributed by atoms with Crippen molar-refractivity contribution in [3.05, 3.63) is 11.6 Å². The highest BCUT2D eigenvalue weighted by molar-refractivity contribution is 5.15. The fourth-order valence-electron chi connectivity index (χ4n) is 2.25. The van der Waals surface area contributed by atoms with E-state index in [9.17, 15) is 0 Å². The minimum absolute atomic E-state index is 0.286. The van der Waals surface area contributed by atoms with Gasteiger partial charge in [-0.2, -0.15) is 5.26 Å². The summed E-state index contributed by atoms with van der Waals surface area (Å²) in [6, 6.07) is 2.30. The van der Waals surface area contributed by atoms with Gasteiger partial charge < -0.3 is 0 Å². The van der Waals surface area contributed by atoms with E-state index < -0.39 is 0 Å². The van der Waals surface area contributed by atoms with Gasteiger partial charge in [-0.25, -0.2) is 0 Å². The van der Waals surface area contributed by atoms with E-state index in [-0.39, 0.29) is 5.41 Å². The maximum absolute atomic E-state index is 8.78. The average molecular weight is 177 g/mol. The molecule has 0 spiro atoms. The molecule has 2 atom stereocenters. The lowest BCUT2D eigenvalue weighted by Gasteiger charge is -2.42. The molecule has 72 valence electrons. The highest BCUT2D eigenvalue weighted by atomic mass is 14.4. The smallest absolute Gasteiger partial charge is 0.0628 e. The molecule has 1 aliphatic carbocycles. The van der Waals surface area contributed by atoms with Crippen LogP contribution < -0.4 is 0 Å². The maximum Gasteiger partial charge on any atom is 0.0628 e. The van der Waals surface area contributed by atoms with Crippen LogP contribution in [0.3, 0.4) is 0 Å². The van der Waals surface area contributed by atoms with Crippen molar-refractivity contribution in [3.63, 3.8) is 0 Å². The Hall–Kier alpha value is -0.770. The zero-order valence-corrected chi connectivity index (χ0v) is 9.09. The largest absolute Gasteiger partial charge is 0.198 e. The van der Waals surface area contributed by atoms with Crippen LogP contribution in [0.4, 0.5) is 0 Å². The number of nitrogens with zero attached hydrogens (tertiary/aromatic N) is 1. The molecule has 0 N–H and O–H groups in total. The molecule has 0 aliphatic heterocycles. The third kappa shape index (κ3) is 1.77. The van der Waals surface area contributed by atoms with Crippen LogP contribution in [0.25, 0.3) is 0 Å². The lowest BCUT2D eigenvalue weighted by atomic mass is 9.62. The van der Waals surface area contributed by atoms with Gasteiger partial charge in [-0.15, -0.1) is 0 Å². The van der Waals surface area contributed by atoms with Crippen LogP contribution in [-0.2, 0) is 0 Å². The van der Waals surface area contributed by atoms with Crippen molar-refractivity contribution in [3.8, 4) is 6.07 Å². The fraction of sp³-hybridized carbons (Fsp3) is 0.750. The minimum atomic E-state index is 0.286. The predicted molar refractivity (Wildman–Crippen MR) is 55.0 cm³/mol. The van der Waals surface area contributed by atoms with Crippen molar-refractivity contribution in [2.45, 2.75) is 40.5 Å². The van der Waals surface area contributed by atoms with Gasteiger partial charge in [-0.1, -0.05) is 32.4 Å². The van der Waals surface area contributed by atoms with Crippen LogP contribution in [0, 0.1) is 28.6 Å². The molecule has 0 bridgehead atoms. The minimum Gasteiger partial charge on any atom is -0.198 e. The summed E-state index contributed by atoms with van der Waals surface area (Å²) in [6.45, 7) is 9.02. The predicted octanol–water partition coefficient (Wildman–Crippen LogP) is 3.53. The Morgan fingerprint density at radius 3 is 2.77 bits per heavy atom. The van der Waals surface area contributed by atoms with E-state index in [4.69, 9.17) is 5.26 Å². The quantitative estimate of drug-likeness (QED) is 0.562. The molecule has 0 unspecified atom stereocenters. The van der Waals surface area contributed by atoms with Crippen LogP contribution in [0.5, 0.6) is 0 Å². The van der Waals surface area contributed by atoms with E-state index >= 15 is 0 Å². The first-order valence-electron chi connectivity index (χ1n) is 5.03. The van der Waals surface area contributed by atoms with Gasteiger partial charge in [0.1, 0.15) is 0 Å². The summed E-state index contributed by atoms with van der Waals surface area (Å²) < 4.78 is 0. The maximum atomic E-state index is 8.78. The van der Waals surface area contributed by atoms with E-state index in [1.807, 2.05) is 0 Å². The molecule has 0 aromatic rings. The van der Waals surface area contributed by atoms with Crippen molar-refractivity contribution < 1.29 is 0 Å². The summed E-state index contributed by atoms with van der Waals surface area (Å²) >= 11 is 0. The van der Waals surface area contributed by atoms with E-state index in [1.54, 1.807) is 0 Å². The average Bonchev–Trinajstić information content (AvgIpc) is 2.06. The molecule has 1 aliphatic rings. The summed E-state index contributed by atoms with van der Waals surface area (Å²) in [4.78, 5) is 0. The highest BCUT2D eigenvalue weighted by Gasteiger charge is 2.37. The summed E-state index contributed by atoms with van der Waals surface area (Å²) in [5.74, 6) is 1.15. The highest BCUT2D eigenvalue weighted by Crippen LogP contribution is 2.46. The van der Waals surface area contributed by atoms with Crippen molar-refractivity contribution in [1.29, 1.82) is 5.26 Å². The van der Waals surface area contributed by atoms with Crippen LogP contribution in [-0.4, -0.2) is 0 Å². The molecule has 0 saturated heterocycles. The number of rotatable bonds is 1. The molecule has 0 radical (unpaired) electrons. The van der Waals surface area contributed by atoms with E-state index in [2.05, 4.69) is 39.8 Å². The van der Waals surface area contributed by atoms with E-state index in [0.717, 1.165) is 0 Å². The molecule has 0 amide bonds. The van der Waals surface area contributed by atoms with Gasteiger partial charge >= 0.3 is 0 Å². The molecular formula is C12H19N. The molecule has 0 aromatic carbocycles. The van der Waals surface area contributed by atoms with Crippen molar-refractivity contribution in [1.82, 2.24) is 0 Å². The molecule has 0 heterocycles. The second kappa shape index (κ2) is 3.54. The number of hydrogen-bond donors (Lipinski definition) is 0. The van der Waals surface area contributed by atoms with Crippen LogP contribution in [0.1, 0.15) is 40.5 Å². The molecule has 13 heavy (non-hydrogen) atoms. The third-order valence-corrected chi connectivity index (χ3v) is 3.81. The Morgan fingerprint density at radius 2 is 2.23 bits per heavy atom. The van der Waals surface area contributed by atoms with Crippen molar-refractivity contribution in [2.75, 3.05) is 0 Å².